The third kappa shape index (κ3) is 5.59. The van der Waals surface area contributed by atoms with Gasteiger partial charge < -0.3 is 5.32 Å². The highest BCUT2D eigenvalue weighted by molar-refractivity contribution is 9.10. The zero-order valence-electron chi connectivity index (χ0n) is 11.0. The number of anilines is 1. The Bertz CT molecular complexity index is 606. The Morgan fingerprint density at radius 2 is 2.05 bits per heavy atom. The zero-order valence-corrected chi connectivity index (χ0v) is 13.4. The summed E-state index contributed by atoms with van der Waals surface area (Å²) in [5.41, 5.74) is 0.534. The molecule has 0 aliphatic rings. The summed E-state index contributed by atoms with van der Waals surface area (Å²) >= 11 is 3.30. The van der Waals surface area contributed by atoms with Crippen molar-refractivity contribution in [3.05, 3.63) is 28.2 Å². The Morgan fingerprint density at radius 1 is 1.42 bits per heavy atom. The van der Waals surface area contributed by atoms with Crippen molar-refractivity contribution < 1.29 is 8.42 Å². The SMILES string of the molecule is CC(C)(CNc1ccc(Br)cc1C#N)NS(C)(=O)=O. The molecule has 5 nitrogen and oxygen atoms in total. The fraction of sp³-hybridized carbons (Fsp3) is 0.417. The second kappa shape index (κ2) is 5.90. The van der Waals surface area contributed by atoms with E-state index >= 15 is 0 Å². The van der Waals surface area contributed by atoms with Crippen LogP contribution in [0.5, 0.6) is 0 Å². The van der Waals surface area contributed by atoms with E-state index in [0.29, 0.717) is 17.8 Å². The van der Waals surface area contributed by atoms with Crippen molar-refractivity contribution in [3.8, 4) is 6.07 Å². The highest BCUT2D eigenvalue weighted by Crippen LogP contribution is 2.21. The lowest BCUT2D eigenvalue weighted by Crippen LogP contribution is -2.47. The third-order valence-electron chi connectivity index (χ3n) is 2.28. The number of halogens is 1. The molecule has 0 heterocycles. The van der Waals surface area contributed by atoms with E-state index in [-0.39, 0.29) is 0 Å². The summed E-state index contributed by atoms with van der Waals surface area (Å²) in [4.78, 5) is 0. The number of sulfonamides is 1. The van der Waals surface area contributed by atoms with Crippen LogP contribution in [0.2, 0.25) is 0 Å². The molecule has 0 fully saturated rings. The fourth-order valence-electron chi connectivity index (χ4n) is 1.62. The summed E-state index contributed by atoms with van der Waals surface area (Å²) < 4.78 is 25.8. The van der Waals surface area contributed by atoms with E-state index < -0.39 is 15.6 Å². The van der Waals surface area contributed by atoms with Gasteiger partial charge in [-0.1, -0.05) is 15.9 Å². The molecule has 2 N–H and O–H groups in total. The normalized spacial score (nSPS) is 11.9. The highest BCUT2D eigenvalue weighted by atomic mass is 79.9. The van der Waals surface area contributed by atoms with Gasteiger partial charge >= 0.3 is 0 Å². The molecule has 0 radical (unpaired) electrons. The molecule has 0 aromatic heterocycles. The molecule has 0 bridgehead atoms. The number of rotatable bonds is 5. The second-order valence-electron chi connectivity index (χ2n) is 4.91. The molecular formula is C12H16BrN3O2S. The number of hydrogen-bond acceptors (Lipinski definition) is 4. The van der Waals surface area contributed by atoms with Crippen molar-refractivity contribution >= 4 is 31.6 Å². The van der Waals surface area contributed by atoms with Crippen LogP contribution in [0.15, 0.2) is 22.7 Å². The van der Waals surface area contributed by atoms with Gasteiger partial charge in [-0.3, -0.25) is 0 Å². The van der Waals surface area contributed by atoms with Crippen molar-refractivity contribution in [3.63, 3.8) is 0 Å². The average molecular weight is 346 g/mol. The molecule has 0 saturated carbocycles. The van der Waals surface area contributed by atoms with Gasteiger partial charge in [0, 0.05) is 16.6 Å². The van der Waals surface area contributed by atoms with Gasteiger partial charge in [0.1, 0.15) is 6.07 Å². The summed E-state index contributed by atoms with van der Waals surface area (Å²) in [7, 11) is -3.27. The maximum Gasteiger partial charge on any atom is 0.209 e. The highest BCUT2D eigenvalue weighted by Gasteiger charge is 2.22. The van der Waals surface area contributed by atoms with E-state index in [9.17, 15) is 8.42 Å². The van der Waals surface area contributed by atoms with E-state index in [1.807, 2.05) is 6.07 Å². The Labute approximate surface area is 122 Å². The lowest BCUT2D eigenvalue weighted by atomic mass is 10.1. The van der Waals surface area contributed by atoms with Crippen molar-refractivity contribution in [1.82, 2.24) is 4.72 Å². The standard InChI is InChI=1S/C12H16BrN3O2S/c1-12(2,16-19(3,17)18)8-15-11-5-4-10(13)6-9(11)7-14/h4-6,15-16H,8H2,1-3H3. The first kappa shape index (κ1) is 16.0. The molecule has 0 aliphatic heterocycles. The number of nitrogens with one attached hydrogen (secondary N) is 2. The summed E-state index contributed by atoms with van der Waals surface area (Å²) in [6.07, 6.45) is 1.12. The molecule has 0 atom stereocenters. The van der Waals surface area contributed by atoms with E-state index in [0.717, 1.165) is 10.7 Å². The molecule has 0 aliphatic carbocycles. The lowest BCUT2D eigenvalue weighted by Gasteiger charge is -2.26. The van der Waals surface area contributed by atoms with Crippen molar-refractivity contribution in [2.24, 2.45) is 0 Å². The van der Waals surface area contributed by atoms with Gasteiger partial charge in [0.15, 0.2) is 0 Å². The fourth-order valence-corrected chi connectivity index (χ4v) is 3.05. The predicted molar refractivity (Wildman–Crippen MR) is 79.4 cm³/mol. The molecule has 1 aromatic rings. The molecule has 0 amide bonds. The molecule has 7 heteroatoms. The zero-order chi connectivity index (χ0) is 14.7. The average Bonchev–Trinajstić information content (AvgIpc) is 2.24. The molecular weight excluding hydrogens is 330 g/mol. The predicted octanol–water partition coefficient (Wildman–Crippen LogP) is 2.06. The number of benzene rings is 1. The smallest absolute Gasteiger partial charge is 0.209 e. The van der Waals surface area contributed by atoms with Crippen LogP contribution < -0.4 is 10.0 Å². The first-order valence-corrected chi connectivity index (χ1v) is 8.24. The summed E-state index contributed by atoms with van der Waals surface area (Å²) in [6.45, 7) is 3.91. The molecule has 1 rings (SSSR count). The first-order chi connectivity index (χ1) is 8.63. The maximum atomic E-state index is 11.2. The molecule has 0 spiro atoms. The Kier molecular flexibility index (Phi) is 4.96. The Hall–Kier alpha value is -1.10. The van der Waals surface area contributed by atoms with E-state index in [4.69, 9.17) is 5.26 Å². The topological polar surface area (TPSA) is 82.0 Å². The molecule has 0 saturated heterocycles. The minimum atomic E-state index is -3.27. The van der Waals surface area contributed by atoms with Gasteiger partial charge in [0.25, 0.3) is 0 Å². The van der Waals surface area contributed by atoms with E-state index in [1.54, 1.807) is 26.0 Å². The van der Waals surface area contributed by atoms with Gasteiger partial charge in [-0.25, -0.2) is 13.1 Å². The molecule has 104 valence electrons. The van der Waals surface area contributed by atoms with Gasteiger partial charge in [0.05, 0.1) is 17.5 Å². The van der Waals surface area contributed by atoms with E-state index in [1.165, 1.54) is 0 Å². The summed E-state index contributed by atoms with van der Waals surface area (Å²) in [6, 6.07) is 7.39. The van der Waals surface area contributed by atoms with Crippen molar-refractivity contribution in [1.29, 1.82) is 5.26 Å². The van der Waals surface area contributed by atoms with Gasteiger partial charge in [0.2, 0.25) is 10.0 Å². The molecule has 19 heavy (non-hydrogen) atoms. The minimum absolute atomic E-state index is 0.371. The van der Waals surface area contributed by atoms with Gasteiger partial charge in [-0.2, -0.15) is 5.26 Å². The number of hydrogen-bond donors (Lipinski definition) is 2. The van der Waals surface area contributed by atoms with Crippen LogP contribution >= 0.6 is 15.9 Å². The largest absolute Gasteiger partial charge is 0.382 e. The van der Waals surface area contributed by atoms with Crippen molar-refractivity contribution in [2.45, 2.75) is 19.4 Å². The quantitative estimate of drug-likeness (QED) is 0.855. The Morgan fingerprint density at radius 3 is 2.58 bits per heavy atom. The second-order valence-corrected chi connectivity index (χ2v) is 7.58. The van der Waals surface area contributed by atoms with Crippen LogP contribution in [0.25, 0.3) is 0 Å². The maximum absolute atomic E-state index is 11.2. The van der Waals surface area contributed by atoms with Crippen LogP contribution in [-0.4, -0.2) is 26.8 Å². The van der Waals surface area contributed by atoms with Crippen molar-refractivity contribution in [2.75, 3.05) is 18.1 Å². The number of nitrogens with zero attached hydrogens (tertiary/aromatic N) is 1. The van der Waals surface area contributed by atoms with Crippen LogP contribution in [-0.2, 0) is 10.0 Å². The lowest BCUT2D eigenvalue weighted by molar-refractivity contribution is 0.476. The first-order valence-electron chi connectivity index (χ1n) is 5.55. The summed E-state index contributed by atoms with van der Waals surface area (Å²) in [5.74, 6) is 0. The van der Waals surface area contributed by atoms with Crippen LogP contribution in [0.4, 0.5) is 5.69 Å². The third-order valence-corrected chi connectivity index (χ3v) is 3.70. The van der Waals surface area contributed by atoms with Crippen LogP contribution in [0.3, 0.4) is 0 Å². The van der Waals surface area contributed by atoms with E-state index in [2.05, 4.69) is 32.0 Å². The Balaban J connectivity index is 2.80. The van der Waals surface area contributed by atoms with Gasteiger partial charge in [-0.15, -0.1) is 0 Å². The van der Waals surface area contributed by atoms with Crippen LogP contribution in [0, 0.1) is 11.3 Å². The minimum Gasteiger partial charge on any atom is -0.382 e. The molecule has 1 aromatic carbocycles. The number of nitriles is 1. The molecule has 0 unspecified atom stereocenters. The monoisotopic (exact) mass is 345 g/mol. The van der Waals surface area contributed by atoms with Crippen LogP contribution in [0.1, 0.15) is 19.4 Å². The van der Waals surface area contributed by atoms with Gasteiger partial charge in [-0.05, 0) is 32.0 Å². The summed E-state index contributed by atoms with van der Waals surface area (Å²) in [5, 5.41) is 12.1.